The fraction of sp³-hybridized carbons (Fsp3) is 0.182. The number of hydrogen-bond acceptors (Lipinski definition) is 4. The van der Waals surface area contributed by atoms with Crippen molar-refractivity contribution < 1.29 is 9.66 Å². The minimum atomic E-state index is -0.346. The molecular weight excluding hydrogens is 340 g/mol. The van der Waals surface area contributed by atoms with Crippen LogP contribution in [0.25, 0.3) is 0 Å². The van der Waals surface area contributed by atoms with Gasteiger partial charge in [-0.1, -0.05) is 66.7 Å². The maximum absolute atomic E-state index is 11.5. The van der Waals surface area contributed by atoms with Crippen molar-refractivity contribution >= 4 is 11.4 Å². The summed E-state index contributed by atoms with van der Waals surface area (Å²) in [6.45, 7) is 1.48. The summed E-state index contributed by atoms with van der Waals surface area (Å²) in [5.74, 6) is 0. The van der Waals surface area contributed by atoms with Crippen molar-refractivity contribution in [1.82, 2.24) is 0 Å². The first kappa shape index (κ1) is 18.6. The maximum Gasteiger partial charge on any atom is 0.277 e. The normalized spacial score (nSPS) is 10.6. The summed E-state index contributed by atoms with van der Waals surface area (Å²) < 4.78 is 5.28. The molecular formula is C22H22N2O3. The van der Waals surface area contributed by atoms with E-state index in [1.165, 1.54) is 6.07 Å². The first-order chi connectivity index (χ1) is 13.2. The van der Waals surface area contributed by atoms with E-state index in [9.17, 15) is 10.1 Å². The third-order valence-corrected chi connectivity index (χ3v) is 4.39. The molecule has 0 spiro atoms. The quantitative estimate of drug-likeness (QED) is 0.420. The molecule has 5 heteroatoms. The Morgan fingerprint density at radius 3 is 1.89 bits per heavy atom. The number of nitro groups is 1. The van der Waals surface area contributed by atoms with Crippen molar-refractivity contribution in [3.05, 3.63) is 106 Å². The summed E-state index contributed by atoms with van der Waals surface area (Å²) in [4.78, 5) is 13.3. The van der Waals surface area contributed by atoms with E-state index >= 15 is 0 Å². The zero-order valence-corrected chi connectivity index (χ0v) is 15.2. The van der Waals surface area contributed by atoms with Gasteiger partial charge in [0.05, 0.1) is 17.1 Å². The van der Waals surface area contributed by atoms with Crippen LogP contribution in [0.15, 0.2) is 78.9 Å². The smallest absolute Gasteiger partial charge is 0.277 e. The lowest BCUT2D eigenvalue weighted by Gasteiger charge is -2.27. The maximum atomic E-state index is 11.5. The Balaban J connectivity index is 2.04. The van der Waals surface area contributed by atoms with Gasteiger partial charge in [-0.25, -0.2) is 0 Å². The van der Waals surface area contributed by atoms with Gasteiger partial charge in [0, 0.05) is 32.0 Å². The van der Waals surface area contributed by atoms with Crippen molar-refractivity contribution in [2.45, 2.75) is 19.7 Å². The Hall–Kier alpha value is -3.18. The Morgan fingerprint density at radius 1 is 0.852 bits per heavy atom. The molecule has 0 aromatic heterocycles. The summed E-state index contributed by atoms with van der Waals surface area (Å²) in [6, 6.07) is 25.4. The Kier molecular flexibility index (Phi) is 6.18. The highest BCUT2D eigenvalue weighted by atomic mass is 16.6. The predicted molar refractivity (Wildman–Crippen MR) is 107 cm³/mol. The highest BCUT2D eigenvalue weighted by molar-refractivity contribution is 5.62. The van der Waals surface area contributed by atoms with Crippen molar-refractivity contribution in [2.75, 3.05) is 12.0 Å². The SMILES string of the molecule is COCc1c(N(Cc2ccccc2)Cc2ccccc2)cccc1[N+](=O)[O-]. The van der Waals surface area contributed by atoms with Crippen LogP contribution in [0.3, 0.4) is 0 Å². The highest BCUT2D eigenvalue weighted by Gasteiger charge is 2.21. The third-order valence-electron chi connectivity index (χ3n) is 4.39. The van der Waals surface area contributed by atoms with Crippen LogP contribution in [0.5, 0.6) is 0 Å². The average Bonchev–Trinajstić information content (AvgIpc) is 2.69. The third kappa shape index (κ3) is 4.71. The van der Waals surface area contributed by atoms with Gasteiger partial charge in [0.15, 0.2) is 0 Å². The molecule has 5 nitrogen and oxygen atoms in total. The fourth-order valence-corrected chi connectivity index (χ4v) is 3.16. The molecule has 0 unspecified atom stereocenters. The Morgan fingerprint density at radius 2 is 1.41 bits per heavy atom. The number of ether oxygens (including phenoxy) is 1. The van der Waals surface area contributed by atoms with Crippen LogP contribution in [0.2, 0.25) is 0 Å². The van der Waals surface area contributed by atoms with Crippen LogP contribution in [0.4, 0.5) is 11.4 Å². The molecule has 0 fully saturated rings. The van der Waals surface area contributed by atoms with E-state index < -0.39 is 0 Å². The summed E-state index contributed by atoms with van der Waals surface area (Å²) in [5, 5.41) is 11.5. The van der Waals surface area contributed by atoms with Gasteiger partial charge in [0.1, 0.15) is 0 Å². The van der Waals surface area contributed by atoms with Crippen LogP contribution in [0.1, 0.15) is 16.7 Å². The molecule has 0 heterocycles. The Bertz CT molecular complexity index is 841. The minimum absolute atomic E-state index is 0.0838. The van der Waals surface area contributed by atoms with Gasteiger partial charge in [-0.2, -0.15) is 0 Å². The van der Waals surface area contributed by atoms with E-state index in [0.717, 1.165) is 16.8 Å². The number of methoxy groups -OCH3 is 1. The largest absolute Gasteiger partial charge is 0.380 e. The predicted octanol–water partition coefficient (Wildman–Crippen LogP) is 4.95. The zero-order chi connectivity index (χ0) is 19.1. The minimum Gasteiger partial charge on any atom is -0.380 e. The van der Waals surface area contributed by atoms with Crippen LogP contribution >= 0.6 is 0 Å². The van der Waals surface area contributed by atoms with E-state index in [1.807, 2.05) is 42.5 Å². The second-order valence-electron chi connectivity index (χ2n) is 6.29. The van der Waals surface area contributed by atoms with Crippen LogP contribution in [0, 0.1) is 10.1 Å². The van der Waals surface area contributed by atoms with E-state index in [4.69, 9.17) is 4.74 Å². The van der Waals surface area contributed by atoms with E-state index in [0.29, 0.717) is 18.7 Å². The van der Waals surface area contributed by atoms with Gasteiger partial charge < -0.3 is 9.64 Å². The molecule has 138 valence electrons. The van der Waals surface area contributed by atoms with Gasteiger partial charge in [0.2, 0.25) is 0 Å². The van der Waals surface area contributed by atoms with Crippen LogP contribution in [-0.2, 0) is 24.4 Å². The molecule has 0 atom stereocenters. The van der Waals surface area contributed by atoms with Gasteiger partial charge in [0.25, 0.3) is 5.69 Å². The molecule has 3 rings (SSSR count). The molecule has 0 saturated heterocycles. The number of benzene rings is 3. The molecule has 0 saturated carbocycles. The van der Waals surface area contributed by atoms with E-state index in [-0.39, 0.29) is 17.2 Å². The highest BCUT2D eigenvalue weighted by Crippen LogP contribution is 2.32. The number of nitrogens with zero attached hydrogens (tertiary/aromatic N) is 2. The molecule has 0 aliphatic carbocycles. The number of nitro benzene ring substituents is 1. The summed E-state index contributed by atoms with van der Waals surface area (Å²) in [7, 11) is 1.55. The summed E-state index contributed by atoms with van der Waals surface area (Å²) in [5.41, 5.74) is 3.78. The van der Waals surface area contributed by atoms with Crippen molar-refractivity contribution in [2.24, 2.45) is 0 Å². The fourth-order valence-electron chi connectivity index (χ4n) is 3.16. The molecule has 0 radical (unpaired) electrons. The first-order valence-corrected chi connectivity index (χ1v) is 8.77. The molecule has 0 N–H and O–H groups in total. The van der Waals surface area contributed by atoms with Crippen LogP contribution in [-0.4, -0.2) is 12.0 Å². The number of anilines is 1. The Labute approximate surface area is 159 Å². The lowest BCUT2D eigenvalue weighted by molar-refractivity contribution is -0.385. The molecule has 3 aromatic carbocycles. The second-order valence-corrected chi connectivity index (χ2v) is 6.29. The summed E-state index contributed by atoms with van der Waals surface area (Å²) >= 11 is 0. The lowest BCUT2D eigenvalue weighted by Crippen LogP contribution is -2.24. The number of hydrogen-bond donors (Lipinski definition) is 0. The first-order valence-electron chi connectivity index (χ1n) is 8.77. The van der Waals surface area contributed by atoms with Crippen LogP contribution < -0.4 is 4.90 Å². The van der Waals surface area contributed by atoms with Gasteiger partial charge in [-0.3, -0.25) is 10.1 Å². The zero-order valence-electron chi connectivity index (χ0n) is 15.2. The van der Waals surface area contributed by atoms with Gasteiger partial charge in [-0.15, -0.1) is 0 Å². The second kappa shape index (κ2) is 8.96. The topological polar surface area (TPSA) is 55.6 Å². The van der Waals surface area contributed by atoms with Gasteiger partial charge in [-0.05, 0) is 17.2 Å². The van der Waals surface area contributed by atoms with Crippen molar-refractivity contribution in [3.63, 3.8) is 0 Å². The van der Waals surface area contributed by atoms with E-state index in [2.05, 4.69) is 29.2 Å². The monoisotopic (exact) mass is 362 g/mol. The lowest BCUT2D eigenvalue weighted by atomic mass is 10.1. The number of rotatable bonds is 8. The molecule has 27 heavy (non-hydrogen) atoms. The van der Waals surface area contributed by atoms with Crippen molar-refractivity contribution in [3.8, 4) is 0 Å². The van der Waals surface area contributed by atoms with Gasteiger partial charge >= 0.3 is 0 Å². The summed E-state index contributed by atoms with van der Waals surface area (Å²) in [6.07, 6.45) is 0. The average molecular weight is 362 g/mol. The molecule has 0 amide bonds. The molecule has 3 aromatic rings. The van der Waals surface area contributed by atoms with E-state index in [1.54, 1.807) is 13.2 Å². The molecule has 0 aliphatic rings. The molecule has 0 aliphatic heterocycles. The van der Waals surface area contributed by atoms with Crippen molar-refractivity contribution in [1.29, 1.82) is 0 Å². The molecule has 0 bridgehead atoms. The standard InChI is InChI=1S/C22H22N2O3/c1-27-17-20-21(13-8-14-22(20)24(25)26)23(15-18-9-4-2-5-10-18)16-19-11-6-3-7-12-19/h2-14H,15-17H2,1H3.